The van der Waals surface area contributed by atoms with Gasteiger partial charge in [-0.15, -0.1) is 0 Å². The molecule has 2 aromatic carbocycles. The highest BCUT2D eigenvalue weighted by atomic mass is 16.5. The first-order valence-electron chi connectivity index (χ1n) is 7.89. The van der Waals surface area contributed by atoms with Gasteiger partial charge in [0.05, 0.1) is 12.6 Å². The lowest BCUT2D eigenvalue weighted by Crippen LogP contribution is -2.10. The van der Waals surface area contributed by atoms with Crippen molar-refractivity contribution in [1.29, 1.82) is 0 Å². The van der Waals surface area contributed by atoms with E-state index in [1.54, 1.807) is 13.2 Å². The molecule has 4 aromatic rings. The maximum absolute atomic E-state index is 12.4. The summed E-state index contributed by atoms with van der Waals surface area (Å²) >= 11 is 0. The Hall–Kier alpha value is -3.34. The fraction of sp³-hybridized carbons (Fsp3) is 0.100. The Balaban J connectivity index is 1.68. The summed E-state index contributed by atoms with van der Waals surface area (Å²) in [6.45, 7) is 2.00. The van der Waals surface area contributed by atoms with Gasteiger partial charge in [0.1, 0.15) is 5.75 Å². The van der Waals surface area contributed by atoms with E-state index in [0.29, 0.717) is 5.71 Å². The van der Waals surface area contributed by atoms with Gasteiger partial charge >= 0.3 is 0 Å². The Kier molecular flexibility index (Phi) is 3.61. The number of pyridine rings is 1. The van der Waals surface area contributed by atoms with Crippen molar-refractivity contribution in [3.05, 3.63) is 65.9 Å². The number of anilines is 1. The lowest BCUT2D eigenvalue weighted by atomic mass is 10.2. The molecule has 0 saturated heterocycles. The van der Waals surface area contributed by atoms with Crippen LogP contribution < -0.4 is 10.1 Å². The largest absolute Gasteiger partial charge is 0.497 e. The van der Waals surface area contributed by atoms with E-state index in [1.807, 2.05) is 55.5 Å². The molecule has 124 valence electrons. The maximum atomic E-state index is 12.4. The molecule has 0 unspecified atom stereocenters. The molecule has 1 N–H and O–H groups in total. The number of hydrogen-bond acceptors (Lipinski definition) is 4. The quantitative estimate of drug-likeness (QED) is 0.598. The van der Waals surface area contributed by atoms with Crippen LogP contribution in [-0.2, 0) is 0 Å². The summed E-state index contributed by atoms with van der Waals surface area (Å²) in [6.07, 6.45) is 0. The number of carbonyl (C=O) groups is 1. The fourth-order valence-electron chi connectivity index (χ4n) is 2.68. The van der Waals surface area contributed by atoms with Crippen molar-refractivity contribution in [3.8, 4) is 5.75 Å². The monoisotopic (exact) mass is 332 g/mol. The number of amides is 1. The van der Waals surface area contributed by atoms with Crippen molar-refractivity contribution < 1.29 is 13.9 Å². The molecule has 0 atom stereocenters. The number of hydrogen-bond donors (Lipinski definition) is 1. The number of ether oxygens (including phenoxy) is 1. The van der Waals surface area contributed by atoms with Crippen molar-refractivity contribution in [3.63, 3.8) is 0 Å². The summed E-state index contributed by atoms with van der Waals surface area (Å²) in [5.74, 6) is 0.684. The first-order valence-corrected chi connectivity index (χ1v) is 7.89. The van der Waals surface area contributed by atoms with Crippen molar-refractivity contribution in [2.45, 2.75) is 6.92 Å². The Bertz CT molecular complexity index is 1080. The Morgan fingerprint density at radius 2 is 1.84 bits per heavy atom. The van der Waals surface area contributed by atoms with Gasteiger partial charge in [0.15, 0.2) is 5.76 Å². The van der Waals surface area contributed by atoms with E-state index < -0.39 is 0 Å². The van der Waals surface area contributed by atoms with Gasteiger partial charge in [-0.25, -0.2) is 4.98 Å². The minimum Gasteiger partial charge on any atom is -0.497 e. The lowest BCUT2D eigenvalue weighted by Gasteiger charge is -2.02. The van der Waals surface area contributed by atoms with E-state index in [0.717, 1.165) is 33.3 Å². The van der Waals surface area contributed by atoms with Crippen LogP contribution in [0.1, 0.15) is 16.1 Å². The number of nitrogens with zero attached hydrogens (tertiary/aromatic N) is 1. The number of furan rings is 1. The highest BCUT2D eigenvalue weighted by Crippen LogP contribution is 2.26. The number of aryl methyl sites for hydroxylation is 1. The Labute approximate surface area is 144 Å². The second-order valence-corrected chi connectivity index (χ2v) is 5.87. The molecule has 0 aliphatic rings. The van der Waals surface area contributed by atoms with Gasteiger partial charge in [0.2, 0.25) is 5.71 Å². The molecule has 0 fully saturated rings. The minimum atomic E-state index is -0.302. The molecule has 2 aromatic heterocycles. The molecule has 0 aliphatic carbocycles. The zero-order valence-corrected chi connectivity index (χ0v) is 13.9. The van der Waals surface area contributed by atoms with Crippen LogP contribution in [0.5, 0.6) is 5.75 Å². The van der Waals surface area contributed by atoms with E-state index in [4.69, 9.17) is 9.15 Å². The second-order valence-electron chi connectivity index (χ2n) is 5.87. The SMILES string of the molecule is COc1ccc2nc3oc(C(=O)Nc4ccc(C)cc4)cc3cc2c1. The smallest absolute Gasteiger partial charge is 0.291 e. The fourth-order valence-corrected chi connectivity index (χ4v) is 2.68. The second kappa shape index (κ2) is 5.94. The third kappa shape index (κ3) is 2.92. The highest BCUT2D eigenvalue weighted by Gasteiger charge is 2.14. The van der Waals surface area contributed by atoms with E-state index >= 15 is 0 Å². The average Bonchev–Trinajstić information content (AvgIpc) is 3.04. The van der Waals surface area contributed by atoms with E-state index in [1.165, 1.54) is 0 Å². The molecule has 0 bridgehead atoms. The first kappa shape index (κ1) is 15.2. The molecular weight excluding hydrogens is 316 g/mol. The van der Waals surface area contributed by atoms with Crippen molar-refractivity contribution >= 4 is 33.6 Å². The predicted molar refractivity (Wildman–Crippen MR) is 97.2 cm³/mol. The van der Waals surface area contributed by atoms with Crippen LogP contribution in [0, 0.1) is 6.92 Å². The van der Waals surface area contributed by atoms with Gasteiger partial charge in [-0.2, -0.15) is 0 Å². The number of nitrogens with one attached hydrogen (secondary N) is 1. The summed E-state index contributed by atoms with van der Waals surface area (Å²) in [7, 11) is 1.62. The topological polar surface area (TPSA) is 64.4 Å². The van der Waals surface area contributed by atoms with Gasteiger partial charge in [-0.3, -0.25) is 4.79 Å². The standard InChI is InChI=1S/C20H16N2O3/c1-12-3-5-15(6-4-12)21-19(23)18-11-14-9-13-10-16(24-2)7-8-17(13)22-20(14)25-18/h3-11H,1-2H3,(H,21,23). The molecular formula is C20H16N2O3. The summed E-state index contributed by atoms with van der Waals surface area (Å²) in [5.41, 5.74) is 3.08. The number of carbonyl (C=O) groups excluding carboxylic acids is 1. The lowest BCUT2D eigenvalue weighted by molar-refractivity contribution is 0.0998. The summed E-state index contributed by atoms with van der Waals surface area (Å²) in [6, 6.07) is 16.8. The van der Waals surface area contributed by atoms with E-state index in [-0.39, 0.29) is 11.7 Å². The molecule has 0 radical (unpaired) electrons. The minimum absolute atomic E-state index is 0.227. The van der Waals surface area contributed by atoms with Gasteiger partial charge < -0.3 is 14.5 Å². The molecule has 5 heteroatoms. The number of benzene rings is 2. The third-order valence-electron chi connectivity index (χ3n) is 4.04. The molecule has 0 saturated carbocycles. The molecule has 0 spiro atoms. The van der Waals surface area contributed by atoms with Crippen molar-refractivity contribution in [2.24, 2.45) is 0 Å². The van der Waals surface area contributed by atoms with Crippen LogP contribution >= 0.6 is 0 Å². The summed E-state index contributed by atoms with van der Waals surface area (Å²) in [5, 5.41) is 4.53. The highest BCUT2D eigenvalue weighted by molar-refractivity contribution is 6.05. The van der Waals surface area contributed by atoms with Gasteiger partial charge in [0, 0.05) is 16.5 Å². The summed E-state index contributed by atoms with van der Waals surface area (Å²) in [4.78, 5) is 16.9. The third-order valence-corrected chi connectivity index (χ3v) is 4.04. The number of rotatable bonds is 3. The van der Waals surface area contributed by atoms with Gasteiger partial charge in [-0.1, -0.05) is 17.7 Å². The normalized spacial score (nSPS) is 11.0. The van der Waals surface area contributed by atoms with Crippen LogP contribution in [0.2, 0.25) is 0 Å². The van der Waals surface area contributed by atoms with Crippen LogP contribution in [0.25, 0.3) is 22.0 Å². The van der Waals surface area contributed by atoms with Crippen molar-refractivity contribution in [2.75, 3.05) is 12.4 Å². The zero-order chi connectivity index (χ0) is 17.4. The molecule has 25 heavy (non-hydrogen) atoms. The van der Waals surface area contributed by atoms with E-state index in [9.17, 15) is 4.79 Å². The van der Waals surface area contributed by atoms with Gasteiger partial charge in [-0.05, 0) is 49.4 Å². The van der Waals surface area contributed by atoms with Crippen LogP contribution in [0.4, 0.5) is 5.69 Å². The average molecular weight is 332 g/mol. The zero-order valence-electron chi connectivity index (χ0n) is 13.9. The number of methoxy groups -OCH3 is 1. The Morgan fingerprint density at radius 1 is 1.04 bits per heavy atom. The molecule has 4 rings (SSSR count). The number of aromatic nitrogens is 1. The molecule has 5 nitrogen and oxygen atoms in total. The molecule has 1 amide bonds. The van der Waals surface area contributed by atoms with Crippen LogP contribution in [0.3, 0.4) is 0 Å². The van der Waals surface area contributed by atoms with Crippen molar-refractivity contribution in [1.82, 2.24) is 4.98 Å². The van der Waals surface area contributed by atoms with Crippen LogP contribution in [0.15, 0.2) is 59.0 Å². The molecule has 2 heterocycles. The maximum Gasteiger partial charge on any atom is 0.291 e. The number of fused-ring (bicyclic) bond motifs is 2. The van der Waals surface area contributed by atoms with E-state index in [2.05, 4.69) is 10.3 Å². The summed E-state index contributed by atoms with van der Waals surface area (Å²) < 4.78 is 10.9. The predicted octanol–water partition coefficient (Wildman–Crippen LogP) is 4.55. The van der Waals surface area contributed by atoms with Crippen LogP contribution in [-0.4, -0.2) is 18.0 Å². The van der Waals surface area contributed by atoms with Gasteiger partial charge in [0.25, 0.3) is 5.91 Å². The first-order chi connectivity index (χ1) is 12.1. The Morgan fingerprint density at radius 3 is 2.60 bits per heavy atom. The molecule has 0 aliphatic heterocycles.